The van der Waals surface area contributed by atoms with Gasteiger partial charge in [0.15, 0.2) is 4.80 Å². The van der Waals surface area contributed by atoms with Gasteiger partial charge in [-0.2, -0.15) is 4.99 Å². The molecule has 1 aromatic heterocycles. The Kier molecular flexibility index (Phi) is 5.34. The number of ether oxygens (including phenoxy) is 1. The maximum Gasteiger partial charge on any atom is 0.279 e. The first-order valence-corrected chi connectivity index (χ1v) is 9.25. The number of thiazole rings is 1. The molecule has 0 aliphatic heterocycles. The number of nitrogens with zero attached hydrogens (tertiary/aromatic N) is 2. The van der Waals surface area contributed by atoms with E-state index in [1.54, 1.807) is 36.6 Å². The van der Waals surface area contributed by atoms with Gasteiger partial charge in [0.25, 0.3) is 5.91 Å². The molecule has 0 unspecified atom stereocenters. The van der Waals surface area contributed by atoms with Gasteiger partial charge in [-0.3, -0.25) is 4.79 Å². The van der Waals surface area contributed by atoms with Crippen molar-refractivity contribution in [2.45, 2.75) is 26.2 Å². The van der Waals surface area contributed by atoms with Gasteiger partial charge in [0.2, 0.25) is 0 Å². The number of carbonyl (C=O) groups excluding carboxylic acids is 1. The highest BCUT2D eigenvalue weighted by Gasteiger charge is 2.08. The number of methoxy groups -OCH3 is 1. The van der Waals surface area contributed by atoms with Crippen molar-refractivity contribution in [2.75, 3.05) is 7.11 Å². The van der Waals surface area contributed by atoms with Crippen molar-refractivity contribution in [3.05, 3.63) is 58.4 Å². The maximum atomic E-state index is 12.5. The normalized spacial score (nSPS) is 11.9. The van der Waals surface area contributed by atoms with Crippen LogP contribution in [0.1, 0.15) is 35.7 Å². The smallest absolute Gasteiger partial charge is 0.279 e. The third kappa shape index (κ3) is 3.82. The summed E-state index contributed by atoms with van der Waals surface area (Å²) < 4.78 is 8.31. The summed E-state index contributed by atoms with van der Waals surface area (Å²) in [6.07, 6.45) is 3.46. The van der Waals surface area contributed by atoms with E-state index in [1.807, 2.05) is 17.7 Å². The van der Waals surface area contributed by atoms with Crippen LogP contribution in [-0.4, -0.2) is 17.6 Å². The molecule has 3 aromatic rings. The molecule has 0 aliphatic carbocycles. The molecule has 0 saturated heterocycles. The number of amides is 1. The fraction of sp³-hybridized carbons (Fsp3) is 0.300. The van der Waals surface area contributed by atoms with E-state index in [0.717, 1.165) is 16.6 Å². The van der Waals surface area contributed by atoms with Gasteiger partial charge in [0.1, 0.15) is 5.75 Å². The Labute approximate surface area is 151 Å². The Morgan fingerprint density at radius 3 is 2.84 bits per heavy atom. The number of fused-ring (bicyclic) bond motifs is 1. The SMILES string of the molecule is CCCCc1ccc2c(c1)sc(=NC(=O)c1cccc(OC)c1)n2C. The third-order valence-electron chi connectivity index (χ3n) is 4.21. The summed E-state index contributed by atoms with van der Waals surface area (Å²) in [6, 6.07) is 13.6. The first-order chi connectivity index (χ1) is 12.1. The molecule has 0 aliphatic rings. The van der Waals surface area contributed by atoms with Crippen LogP contribution >= 0.6 is 11.3 Å². The monoisotopic (exact) mass is 354 g/mol. The topological polar surface area (TPSA) is 43.6 Å². The predicted octanol–water partition coefficient (Wildman–Crippen LogP) is 4.33. The summed E-state index contributed by atoms with van der Waals surface area (Å²) in [7, 11) is 3.53. The first kappa shape index (κ1) is 17.4. The molecule has 0 atom stereocenters. The summed E-state index contributed by atoms with van der Waals surface area (Å²) >= 11 is 1.55. The molecule has 0 fully saturated rings. The second-order valence-corrected chi connectivity index (χ2v) is 7.01. The third-order valence-corrected chi connectivity index (χ3v) is 5.30. The fourth-order valence-electron chi connectivity index (χ4n) is 2.73. The van der Waals surface area contributed by atoms with Gasteiger partial charge in [-0.05, 0) is 48.7 Å². The standard InChI is InChI=1S/C20H22N2O2S/c1-4-5-7-14-10-11-17-18(12-14)25-20(22(17)2)21-19(23)15-8-6-9-16(13-15)24-3/h6,8-13H,4-5,7H2,1-3H3. The van der Waals surface area contributed by atoms with Crippen molar-refractivity contribution >= 4 is 27.5 Å². The molecule has 25 heavy (non-hydrogen) atoms. The minimum Gasteiger partial charge on any atom is -0.497 e. The quantitative estimate of drug-likeness (QED) is 0.684. The van der Waals surface area contributed by atoms with Crippen molar-refractivity contribution in [2.24, 2.45) is 12.0 Å². The van der Waals surface area contributed by atoms with Gasteiger partial charge in [0, 0.05) is 12.6 Å². The highest BCUT2D eigenvalue weighted by Crippen LogP contribution is 2.20. The number of aromatic nitrogens is 1. The number of hydrogen-bond donors (Lipinski definition) is 0. The molecule has 130 valence electrons. The number of rotatable bonds is 5. The zero-order valence-corrected chi connectivity index (χ0v) is 15.6. The highest BCUT2D eigenvalue weighted by molar-refractivity contribution is 7.16. The number of carbonyl (C=O) groups is 1. The van der Waals surface area contributed by atoms with E-state index < -0.39 is 0 Å². The van der Waals surface area contributed by atoms with Gasteiger partial charge >= 0.3 is 0 Å². The van der Waals surface area contributed by atoms with Crippen LogP contribution in [0.2, 0.25) is 0 Å². The molecule has 1 amide bonds. The number of benzene rings is 2. The molecule has 4 nitrogen and oxygen atoms in total. The molecule has 3 rings (SSSR count). The minimum atomic E-state index is -0.257. The molecular formula is C20H22N2O2S. The minimum absolute atomic E-state index is 0.257. The maximum absolute atomic E-state index is 12.5. The van der Waals surface area contributed by atoms with E-state index in [-0.39, 0.29) is 5.91 Å². The Hall–Kier alpha value is -2.40. The highest BCUT2D eigenvalue weighted by atomic mass is 32.1. The molecule has 2 aromatic carbocycles. The van der Waals surface area contributed by atoms with E-state index >= 15 is 0 Å². The largest absolute Gasteiger partial charge is 0.497 e. The van der Waals surface area contributed by atoms with E-state index in [9.17, 15) is 4.79 Å². The Balaban J connectivity index is 1.97. The van der Waals surface area contributed by atoms with Crippen LogP contribution in [0.5, 0.6) is 5.75 Å². The predicted molar refractivity (Wildman–Crippen MR) is 102 cm³/mol. The van der Waals surface area contributed by atoms with Crippen LogP contribution in [0.25, 0.3) is 10.2 Å². The molecule has 5 heteroatoms. The van der Waals surface area contributed by atoms with Crippen molar-refractivity contribution in [1.82, 2.24) is 4.57 Å². The summed E-state index contributed by atoms with van der Waals surface area (Å²) in [6.45, 7) is 2.20. The van der Waals surface area contributed by atoms with Gasteiger partial charge in [-0.15, -0.1) is 0 Å². The van der Waals surface area contributed by atoms with Crippen LogP contribution in [0.3, 0.4) is 0 Å². The van der Waals surface area contributed by atoms with Crippen molar-refractivity contribution in [3.63, 3.8) is 0 Å². The molecule has 1 heterocycles. The lowest BCUT2D eigenvalue weighted by atomic mass is 10.1. The zero-order chi connectivity index (χ0) is 17.8. The van der Waals surface area contributed by atoms with Crippen molar-refractivity contribution in [1.29, 1.82) is 0 Å². The molecule has 0 spiro atoms. The summed E-state index contributed by atoms with van der Waals surface area (Å²) in [4.78, 5) is 17.5. The van der Waals surface area contributed by atoms with Gasteiger partial charge in [-0.25, -0.2) is 0 Å². The van der Waals surface area contributed by atoms with Crippen molar-refractivity contribution in [3.8, 4) is 5.75 Å². The molecule has 0 radical (unpaired) electrons. The number of hydrogen-bond acceptors (Lipinski definition) is 3. The van der Waals surface area contributed by atoms with Crippen LogP contribution in [-0.2, 0) is 13.5 Å². The Bertz CT molecular complexity index is 969. The zero-order valence-electron chi connectivity index (χ0n) is 14.8. The van der Waals surface area contributed by atoms with E-state index in [0.29, 0.717) is 16.1 Å². The van der Waals surface area contributed by atoms with Crippen LogP contribution in [0.4, 0.5) is 0 Å². The Morgan fingerprint density at radius 2 is 2.08 bits per heavy atom. The first-order valence-electron chi connectivity index (χ1n) is 8.44. The number of aryl methyl sites for hydroxylation is 2. The van der Waals surface area contributed by atoms with Gasteiger partial charge in [-0.1, -0.05) is 36.8 Å². The molecule has 0 N–H and O–H groups in total. The lowest BCUT2D eigenvalue weighted by molar-refractivity contribution is 0.0997. The molecule has 0 bridgehead atoms. The van der Waals surface area contributed by atoms with Gasteiger partial charge < -0.3 is 9.30 Å². The average Bonchev–Trinajstić information content (AvgIpc) is 2.95. The van der Waals surface area contributed by atoms with Crippen LogP contribution in [0, 0.1) is 0 Å². The fourth-order valence-corrected chi connectivity index (χ4v) is 3.81. The second kappa shape index (κ2) is 7.66. The molecular weight excluding hydrogens is 332 g/mol. The van der Waals surface area contributed by atoms with E-state index in [1.165, 1.54) is 18.4 Å². The lowest BCUT2D eigenvalue weighted by Gasteiger charge is -2.01. The van der Waals surface area contributed by atoms with Crippen molar-refractivity contribution < 1.29 is 9.53 Å². The average molecular weight is 354 g/mol. The summed E-state index contributed by atoms with van der Waals surface area (Å²) in [5, 5.41) is 0. The number of unbranched alkanes of at least 4 members (excludes halogenated alkanes) is 1. The van der Waals surface area contributed by atoms with E-state index in [2.05, 4.69) is 30.1 Å². The lowest BCUT2D eigenvalue weighted by Crippen LogP contribution is -2.13. The van der Waals surface area contributed by atoms with Crippen LogP contribution < -0.4 is 9.54 Å². The van der Waals surface area contributed by atoms with Gasteiger partial charge in [0.05, 0.1) is 17.3 Å². The van der Waals surface area contributed by atoms with E-state index in [4.69, 9.17) is 4.74 Å². The summed E-state index contributed by atoms with van der Waals surface area (Å²) in [5.74, 6) is 0.398. The summed E-state index contributed by atoms with van der Waals surface area (Å²) in [5.41, 5.74) is 2.96. The van der Waals surface area contributed by atoms with Crippen LogP contribution in [0.15, 0.2) is 47.5 Å². The Morgan fingerprint density at radius 1 is 1.24 bits per heavy atom. The molecule has 0 saturated carbocycles. The second-order valence-electron chi connectivity index (χ2n) is 6.00.